The van der Waals surface area contributed by atoms with Gasteiger partial charge in [-0.2, -0.15) is 5.06 Å². The number of hydroxylamine groups is 2. The van der Waals surface area contributed by atoms with Gasteiger partial charge >= 0.3 is 0 Å². The zero-order valence-electron chi connectivity index (χ0n) is 5.41. The maximum absolute atomic E-state index is 8.96. The van der Waals surface area contributed by atoms with Crippen molar-refractivity contribution < 1.29 is 9.94 Å². The molecule has 0 radical (unpaired) electrons. The van der Waals surface area contributed by atoms with Crippen LogP contribution in [0.4, 0.5) is 0 Å². The van der Waals surface area contributed by atoms with Gasteiger partial charge in [-0.1, -0.05) is 0 Å². The molecular weight excluding hydrogens is 142 g/mol. The van der Waals surface area contributed by atoms with Crippen molar-refractivity contribution in [3.05, 3.63) is 0 Å². The Morgan fingerprint density at radius 2 is 2.33 bits per heavy atom. The zero-order chi connectivity index (χ0) is 5.98. The van der Waals surface area contributed by atoms with E-state index in [9.17, 15) is 0 Å². The van der Waals surface area contributed by atoms with E-state index in [1.807, 2.05) is 7.05 Å². The van der Waals surface area contributed by atoms with Gasteiger partial charge < -0.3 is 5.11 Å². The van der Waals surface area contributed by atoms with Crippen LogP contribution >= 0.6 is 12.4 Å². The molecule has 1 saturated heterocycles. The van der Waals surface area contributed by atoms with Crippen molar-refractivity contribution in [3.8, 4) is 0 Å². The van der Waals surface area contributed by atoms with Gasteiger partial charge in [0.05, 0.1) is 12.7 Å². The monoisotopic (exact) mass is 153 g/mol. The first kappa shape index (κ1) is 9.17. The van der Waals surface area contributed by atoms with E-state index in [1.165, 1.54) is 0 Å². The summed E-state index contributed by atoms with van der Waals surface area (Å²) in [6, 6.07) is 0. The summed E-state index contributed by atoms with van der Waals surface area (Å²) in [7, 11) is 1.82. The van der Waals surface area contributed by atoms with Gasteiger partial charge in [-0.15, -0.1) is 12.4 Å². The number of aliphatic hydroxyl groups is 1. The van der Waals surface area contributed by atoms with Gasteiger partial charge in [0.2, 0.25) is 0 Å². The third kappa shape index (κ3) is 3.01. The molecule has 4 heteroatoms. The third-order valence-corrected chi connectivity index (χ3v) is 1.23. The largest absolute Gasteiger partial charge is 0.392 e. The quantitative estimate of drug-likeness (QED) is 0.533. The van der Waals surface area contributed by atoms with E-state index in [0.717, 1.165) is 6.42 Å². The Balaban J connectivity index is 0.000000640. The van der Waals surface area contributed by atoms with E-state index in [4.69, 9.17) is 9.94 Å². The predicted octanol–water partition coefficient (Wildman–Crippen LogP) is 0.0362. The summed E-state index contributed by atoms with van der Waals surface area (Å²) in [4.78, 5) is 5.02. The van der Waals surface area contributed by atoms with Crippen LogP contribution in [0.15, 0.2) is 0 Å². The lowest BCUT2D eigenvalue weighted by molar-refractivity contribution is -0.189. The molecule has 1 unspecified atom stereocenters. The standard InChI is InChI=1S/C5H11NO2.ClH/c1-6-4-5(7)2-3-8-6;/h5,7H,2-4H2,1H3;1H. The number of likely N-dealkylation sites (N-methyl/N-ethyl adjacent to an activating group) is 1. The summed E-state index contributed by atoms with van der Waals surface area (Å²) >= 11 is 0. The van der Waals surface area contributed by atoms with Crippen LogP contribution in [0.2, 0.25) is 0 Å². The van der Waals surface area contributed by atoms with Crippen molar-refractivity contribution in [1.29, 1.82) is 0 Å². The van der Waals surface area contributed by atoms with E-state index < -0.39 is 0 Å². The van der Waals surface area contributed by atoms with Crippen molar-refractivity contribution in [3.63, 3.8) is 0 Å². The van der Waals surface area contributed by atoms with Crippen LogP contribution in [-0.4, -0.2) is 36.5 Å². The normalized spacial score (nSPS) is 29.3. The van der Waals surface area contributed by atoms with Gasteiger partial charge in [-0.3, -0.25) is 4.84 Å². The van der Waals surface area contributed by atoms with Gasteiger partial charge in [-0.25, -0.2) is 0 Å². The third-order valence-electron chi connectivity index (χ3n) is 1.23. The predicted molar refractivity (Wildman–Crippen MR) is 36.5 cm³/mol. The molecule has 0 saturated carbocycles. The maximum Gasteiger partial charge on any atom is 0.0713 e. The number of β-amino-alcohol motifs (C(OH)–C–C–N with tert-alkyl or cyclic N) is 1. The smallest absolute Gasteiger partial charge is 0.0713 e. The lowest BCUT2D eigenvalue weighted by atomic mass is 10.2. The number of hydrogen-bond donors (Lipinski definition) is 1. The summed E-state index contributed by atoms with van der Waals surface area (Å²) in [6.07, 6.45) is 0.582. The van der Waals surface area contributed by atoms with Gasteiger partial charge in [-0.05, 0) is 6.42 Å². The van der Waals surface area contributed by atoms with Crippen LogP contribution < -0.4 is 0 Å². The Kier molecular flexibility index (Phi) is 4.14. The van der Waals surface area contributed by atoms with Crippen molar-refractivity contribution in [1.82, 2.24) is 5.06 Å². The fraction of sp³-hybridized carbons (Fsp3) is 1.00. The van der Waals surface area contributed by atoms with E-state index in [0.29, 0.717) is 13.2 Å². The Bertz CT molecular complexity index is 73.4. The molecule has 0 amide bonds. The maximum atomic E-state index is 8.96. The highest BCUT2D eigenvalue weighted by molar-refractivity contribution is 5.85. The number of halogens is 1. The molecule has 0 aliphatic carbocycles. The highest BCUT2D eigenvalue weighted by Gasteiger charge is 2.13. The molecule has 0 spiro atoms. The molecule has 1 aliphatic rings. The molecule has 0 aromatic rings. The zero-order valence-corrected chi connectivity index (χ0v) is 6.23. The fourth-order valence-corrected chi connectivity index (χ4v) is 0.785. The SMILES string of the molecule is CN1CC(O)CCO1.Cl. The highest BCUT2D eigenvalue weighted by atomic mass is 35.5. The van der Waals surface area contributed by atoms with Crippen molar-refractivity contribution in [2.24, 2.45) is 0 Å². The van der Waals surface area contributed by atoms with E-state index in [2.05, 4.69) is 0 Å². The van der Waals surface area contributed by atoms with Gasteiger partial charge in [0.1, 0.15) is 0 Å². The van der Waals surface area contributed by atoms with E-state index in [-0.39, 0.29) is 18.5 Å². The van der Waals surface area contributed by atoms with Gasteiger partial charge in [0.15, 0.2) is 0 Å². The number of nitrogens with zero attached hydrogens (tertiary/aromatic N) is 1. The summed E-state index contributed by atoms with van der Waals surface area (Å²) in [5.41, 5.74) is 0. The Labute approximate surface area is 61.0 Å². The van der Waals surface area contributed by atoms with Crippen molar-refractivity contribution in [2.75, 3.05) is 20.2 Å². The first-order valence-electron chi connectivity index (χ1n) is 2.81. The molecule has 1 N–H and O–H groups in total. The minimum Gasteiger partial charge on any atom is -0.392 e. The van der Waals surface area contributed by atoms with Crippen LogP contribution in [0.5, 0.6) is 0 Å². The second-order valence-corrected chi connectivity index (χ2v) is 2.09. The molecular formula is C5H12ClNO2. The molecule has 1 rings (SSSR count). The van der Waals surface area contributed by atoms with Crippen LogP contribution in [0.1, 0.15) is 6.42 Å². The van der Waals surface area contributed by atoms with Crippen molar-refractivity contribution >= 4 is 12.4 Å². The second-order valence-electron chi connectivity index (χ2n) is 2.09. The number of rotatable bonds is 0. The molecule has 1 fully saturated rings. The molecule has 0 aromatic heterocycles. The molecule has 1 aliphatic heterocycles. The van der Waals surface area contributed by atoms with Crippen LogP contribution in [0.3, 0.4) is 0 Å². The molecule has 3 nitrogen and oxygen atoms in total. The lowest BCUT2D eigenvalue weighted by Gasteiger charge is -2.25. The average Bonchev–Trinajstić information content (AvgIpc) is 1.64. The topological polar surface area (TPSA) is 32.7 Å². The van der Waals surface area contributed by atoms with Crippen LogP contribution in [0, 0.1) is 0 Å². The fourth-order valence-electron chi connectivity index (χ4n) is 0.785. The molecule has 1 heterocycles. The average molecular weight is 154 g/mol. The lowest BCUT2D eigenvalue weighted by Crippen LogP contribution is -2.35. The minimum absolute atomic E-state index is 0. The summed E-state index contributed by atoms with van der Waals surface area (Å²) in [6.45, 7) is 1.29. The summed E-state index contributed by atoms with van der Waals surface area (Å²) in [5, 5.41) is 10.6. The molecule has 9 heavy (non-hydrogen) atoms. The van der Waals surface area contributed by atoms with E-state index in [1.54, 1.807) is 5.06 Å². The molecule has 1 atom stereocenters. The first-order chi connectivity index (χ1) is 3.79. The summed E-state index contributed by atoms with van der Waals surface area (Å²) in [5.74, 6) is 0. The molecule has 56 valence electrons. The van der Waals surface area contributed by atoms with Gasteiger partial charge in [0.25, 0.3) is 0 Å². The first-order valence-corrected chi connectivity index (χ1v) is 2.81. The Morgan fingerprint density at radius 1 is 1.67 bits per heavy atom. The highest BCUT2D eigenvalue weighted by Crippen LogP contribution is 2.02. The second kappa shape index (κ2) is 4.06. The van der Waals surface area contributed by atoms with Crippen molar-refractivity contribution in [2.45, 2.75) is 12.5 Å². The molecule has 0 bridgehead atoms. The summed E-state index contributed by atoms with van der Waals surface area (Å²) < 4.78 is 0. The van der Waals surface area contributed by atoms with E-state index >= 15 is 0 Å². The number of aliphatic hydroxyl groups excluding tert-OH is 1. The number of hydrogen-bond acceptors (Lipinski definition) is 3. The Hall–Kier alpha value is 0.170. The molecule has 0 aromatic carbocycles. The van der Waals surface area contributed by atoms with Gasteiger partial charge in [0, 0.05) is 13.6 Å². The van der Waals surface area contributed by atoms with Crippen LogP contribution in [0.25, 0.3) is 0 Å². The minimum atomic E-state index is -0.186. The Morgan fingerprint density at radius 3 is 2.67 bits per heavy atom. The van der Waals surface area contributed by atoms with Crippen LogP contribution in [-0.2, 0) is 4.84 Å².